The fourth-order valence-corrected chi connectivity index (χ4v) is 0.502. The predicted octanol–water partition coefficient (Wildman–Crippen LogP) is 1.57. The van der Waals surface area contributed by atoms with Crippen molar-refractivity contribution in [1.82, 2.24) is 4.98 Å². The monoisotopic (exact) mass is 106 g/mol. The average molecular weight is 106 g/mol. The van der Waals surface area contributed by atoms with Gasteiger partial charge in [0, 0.05) is 12.4 Å². The molecule has 0 fully saturated rings. The smallest absolute Gasteiger partial charge is 0.0299 e. The van der Waals surface area contributed by atoms with E-state index in [9.17, 15) is 0 Å². The highest BCUT2D eigenvalue weighted by atomic mass is 14.6. The van der Waals surface area contributed by atoms with E-state index in [0.717, 1.165) is 11.1 Å². The van der Waals surface area contributed by atoms with Crippen LogP contribution in [0.2, 0.25) is 0 Å². The molecule has 1 aromatic rings. The molecule has 0 spiro atoms. The second-order valence-corrected chi connectivity index (χ2v) is 1.80. The number of rotatable bonds is 0. The standard InChI is InChI=1S/C7H8N/c1-6-3-4-8-5-7(6)2/h3-5H,1H2,2H3. The van der Waals surface area contributed by atoms with Crippen LogP contribution in [-0.2, 0) is 0 Å². The molecule has 1 aromatic heterocycles. The Hall–Kier alpha value is -0.850. The molecule has 8 heavy (non-hydrogen) atoms. The normalized spacial score (nSPS) is 9.25. The Morgan fingerprint density at radius 2 is 2.38 bits per heavy atom. The fourth-order valence-electron chi connectivity index (χ4n) is 0.502. The molecule has 0 aliphatic rings. The second kappa shape index (κ2) is 1.95. The number of aromatic nitrogens is 1. The summed E-state index contributed by atoms with van der Waals surface area (Å²) in [5.74, 6) is 0. The van der Waals surface area contributed by atoms with Crippen LogP contribution in [0.1, 0.15) is 11.1 Å². The summed E-state index contributed by atoms with van der Waals surface area (Å²) in [5, 5.41) is 0. The van der Waals surface area contributed by atoms with Gasteiger partial charge in [0.15, 0.2) is 0 Å². The van der Waals surface area contributed by atoms with Crippen molar-refractivity contribution < 1.29 is 0 Å². The van der Waals surface area contributed by atoms with Gasteiger partial charge in [-0.25, -0.2) is 0 Å². The maximum absolute atomic E-state index is 3.91. The Bertz CT molecular complexity index is 160. The van der Waals surface area contributed by atoms with Gasteiger partial charge in [-0.2, -0.15) is 0 Å². The van der Waals surface area contributed by atoms with Crippen LogP contribution in [0.5, 0.6) is 0 Å². The van der Waals surface area contributed by atoms with E-state index < -0.39 is 0 Å². The molecular weight excluding hydrogens is 98.1 g/mol. The quantitative estimate of drug-likeness (QED) is 0.489. The molecule has 41 valence electrons. The first-order valence-corrected chi connectivity index (χ1v) is 2.53. The van der Waals surface area contributed by atoms with Crippen molar-refractivity contribution in [2.45, 2.75) is 6.92 Å². The van der Waals surface area contributed by atoms with Crippen LogP contribution >= 0.6 is 0 Å². The lowest BCUT2D eigenvalue weighted by molar-refractivity contribution is 1.25. The van der Waals surface area contributed by atoms with Gasteiger partial charge in [-0.3, -0.25) is 4.98 Å². The van der Waals surface area contributed by atoms with Crippen LogP contribution in [0, 0.1) is 13.8 Å². The third-order valence-corrected chi connectivity index (χ3v) is 1.14. The minimum Gasteiger partial charge on any atom is -0.264 e. The molecule has 1 nitrogen and oxygen atoms in total. The van der Waals surface area contributed by atoms with E-state index >= 15 is 0 Å². The number of nitrogens with zero attached hydrogens (tertiary/aromatic N) is 1. The van der Waals surface area contributed by atoms with E-state index in [2.05, 4.69) is 11.9 Å². The minimum atomic E-state index is 1.06. The van der Waals surface area contributed by atoms with Crippen molar-refractivity contribution >= 4 is 0 Å². The number of hydrogen-bond acceptors (Lipinski definition) is 1. The van der Waals surface area contributed by atoms with Gasteiger partial charge in [0.25, 0.3) is 0 Å². The molecule has 0 bridgehead atoms. The minimum absolute atomic E-state index is 1.06. The molecule has 1 heteroatoms. The lowest BCUT2D eigenvalue weighted by Gasteiger charge is -1.92. The van der Waals surface area contributed by atoms with Crippen LogP contribution in [0.25, 0.3) is 0 Å². The van der Waals surface area contributed by atoms with Crippen LogP contribution in [0.4, 0.5) is 0 Å². The lowest BCUT2D eigenvalue weighted by atomic mass is 10.2. The molecule has 0 atom stereocenters. The predicted molar refractivity (Wildman–Crippen MR) is 33.4 cm³/mol. The maximum atomic E-state index is 3.91. The summed E-state index contributed by atoms with van der Waals surface area (Å²) in [6, 6.07) is 1.90. The van der Waals surface area contributed by atoms with Gasteiger partial charge in [0.2, 0.25) is 0 Å². The average Bonchev–Trinajstić information content (AvgIpc) is 1.77. The molecule has 0 aliphatic heterocycles. The molecular formula is C7H8N. The van der Waals surface area contributed by atoms with E-state index in [4.69, 9.17) is 0 Å². The zero-order valence-electron chi connectivity index (χ0n) is 4.89. The zero-order valence-corrected chi connectivity index (χ0v) is 4.89. The van der Waals surface area contributed by atoms with Gasteiger partial charge in [-0.05, 0) is 31.0 Å². The SMILES string of the molecule is [CH2]c1ccncc1C. The highest BCUT2D eigenvalue weighted by Crippen LogP contribution is 2.00. The van der Waals surface area contributed by atoms with Gasteiger partial charge < -0.3 is 0 Å². The lowest BCUT2D eigenvalue weighted by Crippen LogP contribution is -1.78. The maximum Gasteiger partial charge on any atom is 0.0299 e. The topological polar surface area (TPSA) is 12.9 Å². The van der Waals surface area contributed by atoms with Crippen LogP contribution in [-0.4, -0.2) is 4.98 Å². The third kappa shape index (κ3) is 0.861. The summed E-state index contributed by atoms with van der Waals surface area (Å²) in [6.45, 7) is 5.78. The van der Waals surface area contributed by atoms with Crippen molar-refractivity contribution in [3.05, 3.63) is 36.5 Å². The van der Waals surface area contributed by atoms with Crippen LogP contribution in [0.3, 0.4) is 0 Å². The van der Waals surface area contributed by atoms with Gasteiger partial charge in [0.1, 0.15) is 0 Å². The first-order valence-electron chi connectivity index (χ1n) is 2.53. The van der Waals surface area contributed by atoms with Gasteiger partial charge in [0.05, 0.1) is 0 Å². The molecule has 1 radical (unpaired) electrons. The molecule has 0 amide bonds. The first kappa shape index (κ1) is 5.29. The number of pyridine rings is 1. The molecule has 0 saturated heterocycles. The van der Waals surface area contributed by atoms with Gasteiger partial charge in [-0.1, -0.05) is 0 Å². The first-order chi connectivity index (χ1) is 3.80. The Balaban J connectivity index is 3.13. The molecule has 1 heterocycles. The van der Waals surface area contributed by atoms with Crippen molar-refractivity contribution in [1.29, 1.82) is 0 Å². The number of hydrogen-bond donors (Lipinski definition) is 0. The van der Waals surface area contributed by atoms with Gasteiger partial charge in [-0.15, -0.1) is 0 Å². The van der Waals surface area contributed by atoms with E-state index in [-0.39, 0.29) is 0 Å². The van der Waals surface area contributed by atoms with E-state index in [1.807, 2.05) is 19.2 Å². The van der Waals surface area contributed by atoms with Crippen molar-refractivity contribution in [3.63, 3.8) is 0 Å². The molecule has 0 N–H and O–H groups in total. The molecule has 0 saturated carbocycles. The van der Waals surface area contributed by atoms with E-state index in [1.54, 1.807) is 6.20 Å². The zero-order chi connectivity index (χ0) is 5.98. The largest absolute Gasteiger partial charge is 0.264 e. The van der Waals surface area contributed by atoms with E-state index in [1.165, 1.54) is 0 Å². The summed E-state index contributed by atoms with van der Waals surface area (Å²) in [5.41, 5.74) is 2.20. The summed E-state index contributed by atoms with van der Waals surface area (Å²) in [7, 11) is 0. The third-order valence-electron chi connectivity index (χ3n) is 1.14. The Kier molecular flexibility index (Phi) is 1.29. The number of aryl methyl sites for hydroxylation is 1. The Morgan fingerprint density at radius 1 is 1.62 bits per heavy atom. The summed E-state index contributed by atoms with van der Waals surface area (Å²) >= 11 is 0. The van der Waals surface area contributed by atoms with E-state index in [0.29, 0.717) is 0 Å². The highest BCUT2D eigenvalue weighted by molar-refractivity contribution is 5.23. The van der Waals surface area contributed by atoms with Crippen LogP contribution < -0.4 is 0 Å². The van der Waals surface area contributed by atoms with Crippen molar-refractivity contribution in [3.8, 4) is 0 Å². The highest BCUT2D eigenvalue weighted by Gasteiger charge is 1.85. The summed E-state index contributed by atoms with van der Waals surface area (Å²) in [4.78, 5) is 3.91. The molecule has 0 unspecified atom stereocenters. The Labute approximate surface area is 49.4 Å². The second-order valence-electron chi connectivity index (χ2n) is 1.80. The molecule has 0 aliphatic carbocycles. The Morgan fingerprint density at radius 3 is 2.75 bits per heavy atom. The molecule has 0 aromatic carbocycles. The van der Waals surface area contributed by atoms with Crippen LogP contribution in [0.15, 0.2) is 18.5 Å². The van der Waals surface area contributed by atoms with Gasteiger partial charge >= 0.3 is 0 Å². The van der Waals surface area contributed by atoms with Crippen molar-refractivity contribution in [2.24, 2.45) is 0 Å². The van der Waals surface area contributed by atoms with Crippen molar-refractivity contribution in [2.75, 3.05) is 0 Å². The summed E-state index contributed by atoms with van der Waals surface area (Å²) < 4.78 is 0. The molecule has 1 rings (SSSR count). The summed E-state index contributed by atoms with van der Waals surface area (Å²) in [6.07, 6.45) is 3.55. The fraction of sp³-hybridized carbons (Fsp3) is 0.143.